The van der Waals surface area contributed by atoms with Crippen molar-refractivity contribution in [2.45, 2.75) is 0 Å². The summed E-state index contributed by atoms with van der Waals surface area (Å²) in [6, 6.07) is 3.96. The van der Waals surface area contributed by atoms with Crippen LogP contribution in [0.2, 0.25) is 0 Å². The molecule has 0 radical (unpaired) electrons. The monoisotopic (exact) mass is 329 g/mol. The van der Waals surface area contributed by atoms with Crippen LogP contribution >= 0.6 is 27.3 Å². The third-order valence-corrected chi connectivity index (χ3v) is 4.35. The van der Waals surface area contributed by atoms with Gasteiger partial charge in [-0.1, -0.05) is 0 Å². The quantitative estimate of drug-likeness (QED) is 0.859. The molecular weight excluding hydrogens is 314 g/mol. The Labute approximate surface area is 119 Å². The molecule has 2 rings (SSSR count). The number of hydrogen-bond acceptors (Lipinski definition) is 4. The van der Waals surface area contributed by atoms with Crippen LogP contribution in [-0.4, -0.2) is 49.0 Å². The topological polar surface area (TPSA) is 35.6 Å². The number of hydrazine groups is 1. The summed E-state index contributed by atoms with van der Waals surface area (Å²) < 4.78 is 1.07. The lowest BCUT2D eigenvalue weighted by Gasteiger charge is -2.31. The summed E-state index contributed by atoms with van der Waals surface area (Å²) in [5, 5.41) is 1.97. The number of piperazine rings is 1. The maximum absolute atomic E-state index is 11.7. The number of nitrogens with one attached hydrogen (secondary N) is 1. The van der Waals surface area contributed by atoms with Crippen LogP contribution in [0.4, 0.5) is 0 Å². The second kappa shape index (κ2) is 6.47. The predicted octanol–water partition coefficient (Wildman–Crippen LogP) is 1.80. The summed E-state index contributed by atoms with van der Waals surface area (Å²) in [5.74, 6) is -0.0657. The van der Waals surface area contributed by atoms with Crippen molar-refractivity contribution in [3.8, 4) is 0 Å². The van der Waals surface area contributed by atoms with Gasteiger partial charge in [-0.3, -0.25) is 10.2 Å². The van der Waals surface area contributed by atoms with E-state index < -0.39 is 0 Å². The molecule has 0 saturated carbocycles. The minimum Gasteiger partial charge on any atom is -0.304 e. The Morgan fingerprint density at radius 3 is 2.72 bits per heavy atom. The fourth-order valence-corrected chi connectivity index (χ4v) is 3.01. The van der Waals surface area contributed by atoms with Crippen LogP contribution in [0.5, 0.6) is 0 Å². The van der Waals surface area contributed by atoms with E-state index in [4.69, 9.17) is 0 Å². The number of carbonyl (C=O) groups is 1. The molecule has 1 aromatic heterocycles. The zero-order valence-electron chi connectivity index (χ0n) is 10.2. The molecule has 0 atom stereocenters. The second-order valence-corrected chi connectivity index (χ2v) is 6.74. The van der Waals surface area contributed by atoms with Crippen LogP contribution in [-0.2, 0) is 4.79 Å². The van der Waals surface area contributed by atoms with E-state index in [1.165, 1.54) is 0 Å². The molecule has 1 aliphatic heterocycles. The Hall–Kier alpha value is -0.690. The molecule has 1 N–H and O–H groups in total. The van der Waals surface area contributed by atoms with Crippen LogP contribution in [0, 0.1) is 0 Å². The fourth-order valence-electron chi connectivity index (χ4n) is 1.69. The van der Waals surface area contributed by atoms with E-state index in [0.717, 1.165) is 34.8 Å². The Morgan fingerprint density at radius 1 is 1.39 bits per heavy atom. The van der Waals surface area contributed by atoms with Crippen molar-refractivity contribution < 1.29 is 4.79 Å². The van der Waals surface area contributed by atoms with Gasteiger partial charge < -0.3 is 4.90 Å². The van der Waals surface area contributed by atoms with E-state index in [-0.39, 0.29) is 5.91 Å². The molecular formula is C12H16BrN3OS. The van der Waals surface area contributed by atoms with Crippen LogP contribution in [0.1, 0.15) is 4.88 Å². The van der Waals surface area contributed by atoms with Crippen molar-refractivity contribution in [2.24, 2.45) is 0 Å². The molecule has 0 bridgehead atoms. The zero-order chi connectivity index (χ0) is 13.0. The Kier molecular flexibility index (Phi) is 4.94. The molecule has 0 aliphatic carbocycles. The maximum atomic E-state index is 11.7. The van der Waals surface area contributed by atoms with Crippen molar-refractivity contribution in [3.63, 3.8) is 0 Å². The predicted molar refractivity (Wildman–Crippen MR) is 78.3 cm³/mol. The molecule has 1 fully saturated rings. The molecule has 18 heavy (non-hydrogen) atoms. The summed E-state index contributed by atoms with van der Waals surface area (Å²) in [6.07, 6.45) is 3.41. The van der Waals surface area contributed by atoms with Gasteiger partial charge in [0.05, 0.1) is 3.79 Å². The molecule has 1 saturated heterocycles. The summed E-state index contributed by atoms with van der Waals surface area (Å²) >= 11 is 5.00. The second-order valence-electron chi connectivity index (χ2n) is 4.24. The molecule has 1 aliphatic rings. The largest absolute Gasteiger partial charge is 0.304 e. The van der Waals surface area contributed by atoms with Gasteiger partial charge in [-0.2, -0.15) is 0 Å². The van der Waals surface area contributed by atoms with E-state index in [0.29, 0.717) is 0 Å². The summed E-state index contributed by atoms with van der Waals surface area (Å²) in [7, 11) is 2.09. The highest BCUT2D eigenvalue weighted by Gasteiger charge is 2.14. The van der Waals surface area contributed by atoms with E-state index in [1.54, 1.807) is 17.4 Å². The number of halogens is 1. The van der Waals surface area contributed by atoms with E-state index in [9.17, 15) is 4.79 Å². The highest BCUT2D eigenvalue weighted by molar-refractivity contribution is 9.11. The van der Waals surface area contributed by atoms with Crippen molar-refractivity contribution in [2.75, 3.05) is 33.2 Å². The zero-order valence-corrected chi connectivity index (χ0v) is 12.6. The lowest BCUT2D eigenvalue weighted by atomic mass is 10.4. The van der Waals surface area contributed by atoms with Crippen molar-refractivity contribution in [1.82, 2.24) is 15.3 Å². The molecule has 98 valence electrons. The standard InChI is InChI=1S/C12H16BrN3OS/c1-15-6-8-16(9-7-15)14-12(17)5-3-10-2-4-11(13)18-10/h2-5H,6-9H2,1H3,(H,14,17)/b5-3+. The van der Waals surface area contributed by atoms with Gasteiger partial charge in [-0.05, 0) is 41.2 Å². The number of hydrogen-bond donors (Lipinski definition) is 1. The van der Waals surface area contributed by atoms with Crippen LogP contribution in [0.25, 0.3) is 6.08 Å². The summed E-state index contributed by atoms with van der Waals surface area (Å²) in [5.41, 5.74) is 2.89. The smallest absolute Gasteiger partial charge is 0.258 e. The Balaban J connectivity index is 1.80. The number of likely N-dealkylation sites (N-methyl/N-ethyl adjacent to an activating group) is 1. The molecule has 0 spiro atoms. The van der Waals surface area contributed by atoms with Gasteiger partial charge in [0.1, 0.15) is 0 Å². The number of nitrogens with zero attached hydrogens (tertiary/aromatic N) is 2. The number of amides is 1. The maximum Gasteiger partial charge on any atom is 0.258 e. The first-order chi connectivity index (χ1) is 8.63. The van der Waals surface area contributed by atoms with Crippen molar-refractivity contribution >= 4 is 39.2 Å². The highest BCUT2D eigenvalue weighted by atomic mass is 79.9. The lowest BCUT2D eigenvalue weighted by molar-refractivity contribution is -0.121. The number of carbonyl (C=O) groups excluding carboxylic acids is 1. The van der Waals surface area contributed by atoms with E-state index in [2.05, 4.69) is 33.3 Å². The average Bonchev–Trinajstić information content (AvgIpc) is 2.76. The van der Waals surface area contributed by atoms with Gasteiger partial charge in [0.15, 0.2) is 0 Å². The molecule has 0 unspecified atom stereocenters. The minimum absolute atomic E-state index is 0.0657. The van der Waals surface area contributed by atoms with Gasteiger partial charge in [0, 0.05) is 37.1 Å². The van der Waals surface area contributed by atoms with Gasteiger partial charge in [-0.15, -0.1) is 11.3 Å². The van der Waals surface area contributed by atoms with Gasteiger partial charge in [0.2, 0.25) is 0 Å². The molecule has 2 heterocycles. The summed E-state index contributed by atoms with van der Waals surface area (Å²) in [6.45, 7) is 3.73. The van der Waals surface area contributed by atoms with Gasteiger partial charge in [0.25, 0.3) is 5.91 Å². The van der Waals surface area contributed by atoms with Gasteiger partial charge >= 0.3 is 0 Å². The van der Waals surface area contributed by atoms with Crippen LogP contribution < -0.4 is 5.43 Å². The molecule has 0 aromatic carbocycles. The number of thiophene rings is 1. The lowest BCUT2D eigenvalue weighted by Crippen LogP contribution is -2.52. The highest BCUT2D eigenvalue weighted by Crippen LogP contribution is 2.22. The Morgan fingerprint density at radius 2 is 2.11 bits per heavy atom. The SMILES string of the molecule is CN1CCN(NC(=O)/C=C/c2ccc(Br)s2)CC1. The third-order valence-electron chi connectivity index (χ3n) is 2.76. The van der Waals surface area contributed by atoms with Crippen LogP contribution in [0.3, 0.4) is 0 Å². The first-order valence-electron chi connectivity index (χ1n) is 5.81. The molecule has 4 nitrogen and oxygen atoms in total. The first kappa shape index (κ1) is 13.7. The van der Waals surface area contributed by atoms with E-state index in [1.807, 2.05) is 23.2 Å². The first-order valence-corrected chi connectivity index (χ1v) is 7.42. The molecule has 6 heteroatoms. The van der Waals surface area contributed by atoms with Crippen LogP contribution in [0.15, 0.2) is 22.0 Å². The normalized spacial score (nSPS) is 18.3. The average molecular weight is 330 g/mol. The van der Waals surface area contributed by atoms with Crippen molar-refractivity contribution in [3.05, 3.63) is 26.9 Å². The van der Waals surface area contributed by atoms with Gasteiger partial charge in [-0.25, -0.2) is 5.01 Å². The summed E-state index contributed by atoms with van der Waals surface area (Å²) in [4.78, 5) is 15.0. The van der Waals surface area contributed by atoms with E-state index >= 15 is 0 Å². The Bertz CT molecular complexity index is 438. The third kappa shape index (κ3) is 4.20. The minimum atomic E-state index is -0.0657. The fraction of sp³-hybridized carbons (Fsp3) is 0.417. The van der Waals surface area contributed by atoms with Crippen molar-refractivity contribution in [1.29, 1.82) is 0 Å². The molecule has 1 amide bonds. The number of rotatable bonds is 3. The molecule has 1 aromatic rings.